The van der Waals surface area contributed by atoms with E-state index in [1.165, 1.54) is 43.9 Å². The minimum Gasteiger partial charge on any atom is -0.354 e. The van der Waals surface area contributed by atoms with Crippen LogP contribution in [0.5, 0.6) is 0 Å². The van der Waals surface area contributed by atoms with E-state index in [0.717, 1.165) is 12.3 Å². The van der Waals surface area contributed by atoms with Crippen LogP contribution in [0.2, 0.25) is 5.28 Å². The number of carbonyl (C=O) groups is 1. The van der Waals surface area contributed by atoms with Crippen molar-refractivity contribution >= 4 is 40.5 Å². The largest absolute Gasteiger partial charge is 0.354 e. The Morgan fingerprint density at radius 3 is 2.37 bits per heavy atom. The molecule has 1 aliphatic carbocycles. The number of nitrogens with zero attached hydrogens (tertiary/aromatic N) is 5. The summed E-state index contributed by atoms with van der Waals surface area (Å²) in [7, 11) is 0. The van der Waals surface area contributed by atoms with Crippen LogP contribution in [0.15, 0.2) is 0 Å². The maximum Gasteiger partial charge on any atom is 0.281 e. The SMILES string of the molecule is CCNc1nc(Cl)nc(NC(C)(C)C#N)n1.CCSC(=O)N(CC)C1CCCCC1. The van der Waals surface area contributed by atoms with Crippen LogP contribution in [-0.4, -0.2) is 55.5 Å². The number of thioether (sulfide) groups is 1. The Morgan fingerprint density at radius 1 is 1.20 bits per heavy atom. The molecule has 30 heavy (non-hydrogen) atoms. The van der Waals surface area contributed by atoms with Crippen LogP contribution in [0.4, 0.5) is 16.7 Å². The van der Waals surface area contributed by atoms with Crippen molar-refractivity contribution in [2.24, 2.45) is 0 Å². The average Bonchev–Trinajstić information content (AvgIpc) is 2.69. The zero-order chi connectivity index (χ0) is 22.6. The standard InChI is InChI=1S/C11H21NOS.C9H13ClN6/c1-3-12(11(13)14-4-2)10-8-6-5-7-9-10;1-4-12-7-13-6(10)14-8(15-7)16-9(2,3)5-11/h10H,3-9H2,1-2H3;4H2,1-3H3,(H2,12,13,14,15,16). The molecule has 0 saturated heterocycles. The number of carbonyl (C=O) groups excluding carboxylic acids is 1. The molecular weight excluding hydrogens is 422 g/mol. The molecule has 1 fully saturated rings. The fraction of sp³-hybridized carbons (Fsp3) is 0.750. The van der Waals surface area contributed by atoms with Crippen LogP contribution in [0, 0.1) is 11.3 Å². The highest BCUT2D eigenvalue weighted by Crippen LogP contribution is 2.24. The lowest BCUT2D eigenvalue weighted by atomic mass is 9.94. The fourth-order valence-electron chi connectivity index (χ4n) is 3.09. The molecule has 1 saturated carbocycles. The van der Waals surface area contributed by atoms with Crippen LogP contribution in [-0.2, 0) is 0 Å². The molecule has 1 aliphatic rings. The number of halogens is 1. The van der Waals surface area contributed by atoms with Gasteiger partial charge in [-0.1, -0.05) is 37.9 Å². The molecule has 2 N–H and O–H groups in total. The highest BCUT2D eigenvalue weighted by molar-refractivity contribution is 8.13. The number of nitrogens with one attached hydrogen (secondary N) is 2. The van der Waals surface area contributed by atoms with Gasteiger partial charge in [-0.05, 0) is 57.9 Å². The summed E-state index contributed by atoms with van der Waals surface area (Å²) in [6, 6.07) is 2.61. The van der Waals surface area contributed by atoms with Crippen LogP contribution < -0.4 is 10.6 Å². The first-order chi connectivity index (χ1) is 14.3. The molecule has 0 aromatic carbocycles. The molecule has 1 heterocycles. The smallest absolute Gasteiger partial charge is 0.281 e. The minimum absolute atomic E-state index is 0.0854. The Kier molecular flexibility index (Phi) is 11.8. The molecule has 1 aromatic heterocycles. The molecule has 0 bridgehead atoms. The monoisotopic (exact) mass is 455 g/mol. The summed E-state index contributed by atoms with van der Waals surface area (Å²) in [5.41, 5.74) is -0.756. The van der Waals surface area contributed by atoms with E-state index in [1.807, 2.05) is 13.8 Å². The van der Waals surface area contributed by atoms with Gasteiger partial charge in [0.05, 0.1) is 6.07 Å². The van der Waals surface area contributed by atoms with Gasteiger partial charge in [0.2, 0.25) is 17.2 Å². The van der Waals surface area contributed by atoms with Crippen molar-refractivity contribution in [1.29, 1.82) is 5.26 Å². The van der Waals surface area contributed by atoms with Crippen LogP contribution >= 0.6 is 23.4 Å². The van der Waals surface area contributed by atoms with Crippen LogP contribution in [0.25, 0.3) is 0 Å². The first-order valence-electron chi connectivity index (χ1n) is 10.5. The first kappa shape index (κ1) is 26.2. The van der Waals surface area contributed by atoms with Gasteiger partial charge in [-0.25, -0.2) is 0 Å². The molecule has 0 spiro atoms. The van der Waals surface area contributed by atoms with Crippen molar-refractivity contribution in [2.75, 3.05) is 29.5 Å². The zero-order valence-electron chi connectivity index (χ0n) is 18.7. The molecule has 2 rings (SSSR count). The fourth-order valence-corrected chi connectivity index (χ4v) is 3.94. The third kappa shape index (κ3) is 9.35. The Morgan fingerprint density at radius 2 is 1.83 bits per heavy atom. The zero-order valence-corrected chi connectivity index (χ0v) is 20.2. The van der Waals surface area contributed by atoms with Crippen LogP contribution in [0.3, 0.4) is 0 Å². The van der Waals surface area contributed by atoms with Crippen molar-refractivity contribution in [1.82, 2.24) is 19.9 Å². The van der Waals surface area contributed by atoms with E-state index in [-0.39, 0.29) is 16.5 Å². The summed E-state index contributed by atoms with van der Waals surface area (Å²) in [4.78, 5) is 25.7. The number of hydrogen-bond acceptors (Lipinski definition) is 8. The summed E-state index contributed by atoms with van der Waals surface area (Å²) in [5.74, 6) is 1.56. The molecule has 8 nitrogen and oxygen atoms in total. The van der Waals surface area contributed by atoms with Crippen molar-refractivity contribution in [3.8, 4) is 6.07 Å². The highest BCUT2D eigenvalue weighted by Gasteiger charge is 2.23. The van der Waals surface area contributed by atoms with Gasteiger partial charge >= 0.3 is 0 Å². The van der Waals surface area contributed by atoms with E-state index in [4.69, 9.17) is 16.9 Å². The molecule has 0 atom stereocenters. The first-order valence-corrected chi connectivity index (χ1v) is 11.9. The maximum absolute atomic E-state index is 11.8. The maximum atomic E-state index is 11.8. The van der Waals surface area contributed by atoms with Gasteiger partial charge in [0.15, 0.2) is 0 Å². The highest BCUT2D eigenvalue weighted by atomic mass is 35.5. The second kappa shape index (κ2) is 13.5. The number of rotatable bonds is 7. The summed E-state index contributed by atoms with van der Waals surface area (Å²) < 4.78 is 0. The normalized spacial score (nSPS) is 14.2. The lowest BCUT2D eigenvalue weighted by Crippen LogP contribution is -2.39. The Balaban J connectivity index is 0.000000303. The lowest BCUT2D eigenvalue weighted by molar-refractivity contribution is 0.182. The van der Waals surface area contributed by atoms with Gasteiger partial charge in [0, 0.05) is 19.1 Å². The van der Waals surface area contributed by atoms with E-state index in [0.29, 0.717) is 18.5 Å². The van der Waals surface area contributed by atoms with E-state index in [1.54, 1.807) is 13.8 Å². The Bertz CT molecular complexity index is 705. The van der Waals surface area contributed by atoms with E-state index in [2.05, 4.69) is 43.5 Å². The number of amides is 1. The molecule has 0 unspecified atom stereocenters. The van der Waals surface area contributed by atoms with Gasteiger partial charge in [-0.3, -0.25) is 4.79 Å². The van der Waals surface area contributed by atoms with Gasteiger partial charge in [0.1, 0.15) is 5.54 Å². The third-order valence-corrected chi connectivity index (χ3v) is 5.44. The summed E-state index contributed by atoms with van der Waals surface area (Å²) in [6.45, 7) is 11.0. The van der Waals surface area contributed by atoms with E-state index >= 15 is 0 Å². The molecule has 0 radical (unpaired) electrons. The number of nitriles is 1. The van der Waals surface area contributed by atoms with E-state index in [9.17, 15) is 4.79 Å². The predicted octanol–water partition coefficient (Wildman–Crippen LogP) is 5.18. The van der Waals surface area contributed by atoms with Crippen LogP contribution in [0.1, 0.15) is 66.7 Å². The van der Waals surface area contributed by atoms with Gasteiger partial charge in [0.25, 0.3) is 5.24 Å². The summed E-state index contributed by atoms with van der Waals surface area (Å²) in [5, 5.41) is 15.0. The molecular formula is C20H34ClN7OS. The van der Waals surface area contributed by atoms with Crippen molar-refractivity contribution in [3.05, 3.63) is 5.28 Å². The van der Waals surface area contributed by atoms with Gasteiger partial charge in [-0.2, -0.15) is 20.2 Å². The molecule has 168 valence electrons. The molecule has 0 aliphatic heterocycles. The van der Waals surface area contributed by atoms with Crippen molar-refractivity contribution in [3.63, 3.8) is 0 Å². The molecule has 10 heteroatoms. The van der Waals surface area contributed by atoms with Gasteiger partial charge < -0.3 is 15.5 Å². The molecule has 1 aromatic rings. The third-order valence-electron chi connectivity index (χ3n) is 4.51. The average molecular weight is 456 g/mol. The summed E-state index contributed by atoms with van der Waals surface area (Å²) >= 11 is 7.18. The second-order valence-corrected chi connectivity index (χ2v) is 8.97. The Hall–Kier alpha value is -1.79. The van der Waals surface area contributed by atoms with Crippen molar-refractivity contribution in [2.45, 2.75) is 78.3 Å². The predicted molar refractivity (Wildman–Crippen MR) is 125 cm³/mol. The molecule has 1 amide bonds. The van der Waals surface area contributed by atoms with Gasteiger partial charge in [-0.15, -0.1) is 0 Å². The quantitative estimate of drug-likeness (QED) is 0.578. The number of aromatic nitrogens is 3. The topological polar surface area (TPSA) is 107 Å². The van der Waals surface area contributed by atoms with E-state index < -0.39 is 5.54 Å². The number of hydrogen-bond donors (Lipinski definition) is 2. The summed E-state index contributed by atoms with van der Waals surface area (Å²) in [6.07, 6.45) is 6.37. The minimum atomic E-state index is -0.756. The second-order valence-electron chi connectivity index (χ2n) is 7.42. The Labute approximate surface area is 189 Å². The van der Waals surface area contributed by atoms with Crippen molar-refractivity contribution < 1.29 is 4.79 Å². The number of anilines is 2. The lowest BCUT2D eigenvalue weighted by Gasteiger charge is -2.33.